The predicted molar refractivity (Wildman–Crippen MR) is 202 cm³/mol. The van der Waals surface area contributed by atoms with E-state index < -0.39 is 0 Å². The second-order valence-electron chi connectivity index (χ2n) is 12.2. The number of para-hydroxylation sites is 1. The van der Waals surface area contributed by atoms with Gasteiger partial charge in [0, 0.05) is 27.7 Å². The van der Waals surface area contributed by atoms with Gasteiger partial charge in [-0.1, -0.05) is 140 Å². The molecule has 0 aliphatic rings. The van der Waals surface area contributed by atoms with Gasteiger partial charge in [-0.15, -0.1) is 0 Å². The number of hydrogen-bond acceptors (Lipinski definition) is 2. The fourth-order valence-corrected chi connectivity index (χ4v) is 6.88. The van der Waals surface area contributed by atoms with Crippen LogP contribution in [0.3, 0.4) is 0 Å². The molecule has 8 aromatic carbocycles. The van der Waals surface area contributed by atoms with E-state index in [9.17, 15) is 0 Å². The zero-order valence-corrected chi connectivity index (χ0v) is 26.3. The van der Waals surface area contributed by atoms with E-state index in [1.54, 1.807) is 0 Å². The van der Waals surface area contributed by atoms with Gasteiger partial charge in [-0.2, -0.15) is 0 Å². The summed E-state index contributed by atoms with van der Waals surface area (Å²) in [6.45, 7) is 0. The monoisotopic (exact) mass is 613 g/mol. The van der Waals surface area contributed by atoms with Crippen molar-refractivity contribution in [2.45, 2.75) is 0 Å². The molecule has 0 atom stereocenters. The Balaban J connectivity index is 1.18. The summed E-state index contributed by atoms with van der Waals surface area (Å²) in [5.41, 5.74) is 9.99. The maximum atomic E-state index is 6.19. The van der Waals surface area contributed by atoms with Crippen molar-refractivity contribution in [2.24, 2.45) is 0 Å². The largest absolute Gasteiger partial charge is 0.456 e. The van der Waals surface area contributed by atoms with Crippen LogP contribution in [0.15, 0.2) is 192 Å². The Morgan fingerprint density at radius 1 is 0.333 bits per heavy atom. The van der Waals surface area contributed by atoms with E-state index in [0.29, 0.717) is 0 Å². The van der Waals surface area contributed by atoms with Crippen LogP contribution in [0.25, 0.3) is 66.1 Å². The molecular formula is C46H31NO. The minimum Gasteiger partial charge on any atom is -0.456 e. The van der Waals surface area contributed by atoms with Gasteiger partial charge in [-0.25, -0.2) is 0 Å². The molecule has 9 rings (SSSR count). The minimum absolute atomic E-state index is 0.877. The molecule has 0 amide bonds. The Labute approximate surface area is 279 Å². The molecule has 9 aromatic rings. The Kier molecular flexibility index (Phi) is 6.84. The highest BCUT2D eigenvalue weighted by Gasteiger charge is 2.18. The van der Waals surface area contributed by atoms with Gasteiger partial charge >= 0.3 is 0 Å². The Morgan fingerprint density at radius 3 is 1.75 bits per heavy atom. The zero-order valence-electron chi connectivity index (χ0n) is 26.3. The molecule has 1 heterocycles. The molecule has 2 heteroatoms. The van der Waals surface area contributed by atoms with Gasteiger partial charge in [0.05, 0.1) is 5.69 Å². The van der Waals surface area contributed by atoms with Gasteiger partial charge in [0.2, 0.25) is 0 Å². The fraction of sp³-hybridized carbons (Fsp3) is 0. The molecule has 0 fully saturated rings. The number of benzene rings is 8. The molecule has 1 aromatic heterocycles. The molecule has 0 unspecified atom stereocenters. The summed E-state index contributed by atoms with van der Waals surface area (Å²) in [4.78, 5) is 2.40. The third-order valence-electron chi connectivity index (χ3n) is 9.23. The van der Waals surface area contributed by atoms with Crippen molar-refractivity contribution < 1.29 is 4.42 Å². The SMILES string of the molecule is c1ccc(-c2cccc(N(c3ccc(-c4cccc(-c5cc6ccccc6o5)c4)cc3)c3cc4ccccc4c4ccccc34)c2)cc1. The molecule has 0 saturated heterocycles. The topological polar surface area (TPSA) is 16.4 Å². The number of anilines is 3. The quantitative estimate of drug-likeness (QED) is 0.174. The van der Waals surface area contributed by atoms with E-state index in [1.165, 1.54) is 32.7 Å². The summed E-state index contributed by atoms with van der Waals surface area (Å²) in [7, 11) is 0. The first kappa shape index (κ1) is 27.9. The molecule has 0 spiro atoms. The molecule has 0 N–H and O–H groups in total. The van der Waals surface area contributed by atoms with E-state index >= 15 is 0 Å². The first-order valence-corrected chi connectivity index (χ1v) is 16.3. The number of rotatable bonds is 6. The van der Waals surface area contributed by atoms with Crippen LogP contribution in [0.5, 0.6) is 0 Å². The summed E-state index contributed by atoms with van der Waals surface area (Å²) in [6.07, 6.45) is 0. The lowest BCUT2D eigenvalue weighted by atomic mass is 9.98. The van der Waals surface area contributed by atoms with E-state index in [1.807, 2.05) is 18.2 Å². The van der Waals surface area contributed by atoms with Crippen LogP contribution in [0.4, 0.5) is 17.1 Å². The Bertz CT molecular complexity index is 2530. The van der Waals surface area contributed by atoms with Gasteiger partial charge < -0.3 is 9.32 Å². The second-order valence-corrected chi connectivity index (χ2v) is 12.2. The number of furan rings is 1. The predicted octanol–water partition coefficient (Wildman–Crippen LogP) is 13.2. The van der Waals surface area contributed by atoms with E-state index in [0.717, 1.165) is 50.5 Å². The maximum absolute atomic E-state index is 6.19. The van der Waals surface area contributed by atoms with E-state index in [4.69, 9.17) is 4.42 Å². The van der Waals surface area contributed by atoms with Crippen molar-refractivity contribution in [3.05, 3.63) is 188 Å². The van der Waals surface area contributed by atoms with Gasteiger partial charge in [-0.3, -0.25) is 0 Å². The number of fused-ring (bicyclic) bond motifs is 4. The van der Waals surface area contributed by atoms with Gasteiger partial charge in [0.15, 0.2) is 0 Å². The lowest BCUT2D eigenvalue weighted by molar-refractivity contribution is 0.631. The molecule has 0 aliphatic carbocycles. The smallest absolute Gasteiger partial charge is 0.135 e. The zero-order chi connectivity index (χ0) is 31.9. The summed E-state index contributed by atoms with van der Waals surface area (Å²) >= 11 is 0. The third-order valence-corrected chi connectivity index (χ3v) is 9.23. The number of nitrogens with zero attached hydrogens (tertiary/aromatic N) is 1. The Morgan fingerprint density at radius 2 is 0.938 bits per heavy atom. The van der Waals surface area contributed by atoms with Gasteiger partial charge in [0.25, 0.3) is 0 Å². The lowest BCUT2D eigenvalue weighted by Gasteiger charge is -2.28. The van der Waals surface area contributed by atoms with Crippen molar-refractivity contribution >= 4 is 49.6 Å². The van der Waals surface area contributed by atoms with Crippen LogP contribution in [-0.2, 0) is 0 Å². The number of hydrogen-bond donors (Lipinski definition) is 0. The van der Waals surface area contributed by atoms with Crippen LogP contribution in [0, 0.1) is 0 Å². The molecule has 0 aliphatic heterocycles. The van der Waals surface area contributed by atoms with Crippen LogP contribution in [-0.4, -0.2) is 0 Å². The molecule has 0 saturated carbocycles. The minimum atomic E-state index is 0.877. The maximum Gasteiger partial charge on any atom is 0.135 e. The normalized spacial score (nSPS) is 11.3. The van der Waals surface area contributed by atoms with E-state index in [-0.39, 0.29) is 0 Å². The second kappa shape index (κ2) is 11.8. The van der Waals surface area contributed by atoms with Crippen molar-refractivity contribution in [1.29, 1.82) is 0 Å². The standard InChI is InChI=1S/C46H31NO/c1-2-12-32(13-3-1)35-17-11-19-40(29-35)47(44-30-36-14-4-6-20-41(36)42-21-7-8-22-43(42)44)39-26-24-33(25-27-39)34-16-10-18-37(28-34)46-31-38-15-5-9-23-45(38)48-46/h1-31H. The van der Waals surface area contributed by atoms with Gasteiger partial charge in [0.1, 0.15) is 11.3 Å². The first-order chi connectivity index (χ1) is 23.8. The summed E-state index contributed by atoms with van der Waals surface area (Å²) in [6, 6.07) is 67.0. The summed E-state index contributed by atoms with van der Waals surface area (Å²) in [5, 5.41) is 6.04. The average molecular weight is 614 g/mol. The first-order valence-electron chi connectivity index (χ1n) is 16.3. The van der Waals surface area contributed by atoms with E-state index in [2.05, 4.69) is 175 Å². The average Bonchev–Trinajstić information content (AvgIpc) is 3.61. The molecule has 226 valence electrons. The Hall–Kier alpha value is -6.38. The van der Waals surface area contributed by atoms with Crippen molar-refractivity contribution in [3.63, 3.8) is 0 Å². The third kappa shape index (κ3) is 5.01. The lowest BCUT2D eigenvalue weighted by Crippen LogP contribution is -2.10. The van der Waals surface area contributed by atoms with Crippen molar-refractivity contribution in [1.82, 2.24) is 0 Å². The molecular weight excluding hydrogens is 583 g/mol. The molecule has 48 heavy (non-hydrogen) atoms. The highest BCUT2D eigenvalue weighted by Crippen LogP contribution is 2.43. The van der Waals surface area contributed by atoms with Crippen LogP contribution in [0.1, 0.15) is 0 Å². The van der Waals surface area contributed by atoms with Crippen LogP contribution in [0.2, 0.25) is 0 Å². The van der Waals surface area contributed by atoms with Crippen molar-refractivity contribution in [3.8, 4) is 33.6 Å². The highest BCUT2D eigenvalue weighted by atomic mass is 16.3. The summed E-state index contributed by atoms with van der Waals surface area (Å²) < 4.78 is 6.19. The van der Waals surface area contributed by atoms with Crippen LogP contribution >= 0.6 is 0 Å². The van der Waals surface area contributed by atoms with Crippen molar-refractivity contribution in [2.75, 3.05) is 4.90 Å². The summed E-state index contributed by atoms with van der Waals surface area (Å²) in [5.74, 6) is 0.877. The molecule has 0 radical (unpaired) electrons. The van der Waals surface area contributed by atoms with Crippen LogP contribution < -0.4 is 4.90 Å². The fourth-order valence-electron chi connectivity index (χ4n) is 6.88. The highest BCUT2D eigenvalue weighted by molar-refractivity contribution is 6.14. The molecule has 0 bridgehead atoms. The molecule has 2 nitrogen and oxygen atoms in total. The van der Waals surface area contributed by atoms with Gasteiger partial charge in [-0.05, 0) is 86.9 Å².